The van der Waals surface area contributed by atoms with Crippen LogP contribution in [0.4, 0.5) is 0 Å². The third-order valence-electron chi connectivity index (χ3n) is 1.88. The van der Waals surface area contributed by atoms with Crippen molar-refractivity contribution in [2.24, 2.45) is 0 Å². The van der Waals surface area contributed by atoms with Gasteiger partial charge >= 0.3 is 5.97 Å². The van der Waals surface area contributed by atoms with Crippen molar-refractivity contribution in [2.45, 2.75) is 6.92 Å². The van der Waals surface area contributed by atoms with Crippen LogP contribution < -0.4 is 0 Å². The summed E-state index contributed by atoms with van der Waals surface area (Å²) in [5.41, 5.74) is 0.341. The number of aldehydes is 1. The monoisotopic (exact) mass is 237 g/mol. The van der Waals surface area contributed by atoms with E-state index in [1.54, 1.807) is 6.92 Å². The normalized spacial score (nSPS) is 9.31. The lowest BCUT2D eigenvalue weighted by molar-refractivity contribution is 0.0526. The molecule has 0 saturated heterocycles. The Labute approximate surface area is 97.4 Å². The molecule has 0 aliphatic heterocycles. The Morgan fingerprint density at radius 2 is 2.31 bits per heavy atom. The van der Waals surface area contributed by atoms with E-state index in [1.165, 1.54) is 12.1 Å². The molecule has 0 saturated carbocycles. The first-order valence-corrected chi connectivity index (χ1v) is 4.87. The Hall–Kier alpha value is -1.86. The highest BCUT2D eigenvalue weighted by atomic mass is 35.5. The smallest absolute Gasteiger partial charge is 0.339 e. The van der Waals surface area contributed by atoms with E-state index < -0.39 is 5.97 Å². The van der Waals surface area contributed by atoms with Crippen LogP contribution in [0.15, 0.2) is 12.1 Å². The molecular weight excluding hydrogens is 230 g/mol. The highest BCUT2D eigenvalue weighted by Crippen LogP contribution is 2.21. The van der Waals surface area contributed by atoms with E-state index in [2.05, 4.69) is 0 Å². The molecule has 0 aliphatic rings. The molecule has 5 heteroatoms. The number of ether oxygens (including phenoxy) is 1. The molecular formula is C11H8ClNO3. The van der Waals surface area contributed by atoms with Crippen LogP contribution >= 0.6 is 11.6 Å². The molecule has 0 bridgehead atoms. The maximum absolute atomic E-state index is 11.4. The van der Waals surface area contributed by atoms with E-state index in [-0.39, 0.29) is 28.3 Å². The second-order valence-electron chi connectivity index (χ2n) is 2.87. The first-order valence-electron chi connectivity index (χ1n) is 4.50. The molecule has 16 heavy (non-hydrogen) atoms. The number of rotatable bonds is 3. The first-order chi connectivity index (χ1) is 7.63. The Morgan fingerprint density at radius 1 is 1.62 bits per heavy atom. The van der Waals surface area contributed by atoms with Crippen molar-refractivity contribution in [1.29, 1.82) is 5.26 Å². The first kappa shape index (κ1) is 12.2. The molecule has 0 unspecified atom stereocenters. The van der Waals surface area contributed by atoms with Gasteiger partial charge in [-0.1, -0.05) is 11.6 Å². The van der Waals surface area contributed by atoms with Crippen LogP contribution in [0.2, 0.25) is 5.02 Å². The summed E-state index contributed by atoms with van der Waals surface area (Å²) in [5.74, 6) is -0.610. The van der Waals surface area contributed by atoms with E-state index >= 15 is 0 Å². The summed E-state index contributed by atoms with van der Waals surface area (Å²) in [6, 6.07) is 4.34. The number of hydrogen-bond donors (Lipinski definition) is 0. The number of halogens is 1. The minimum atomic E-state index is -0.610. The summed E-state index contributed by atoms with van der Waals surface area (Å²) >= 11 is 5.80. The number of benzene rings is 1. The minimum absolute atomic E-state index is 0.0886. The molecule has 82 valence electrons. The molecule has 0 spiro atoms. The van der Waals surface area contributed by atoms with Gasteiger partial charge in [0.15, 0.2) is 6.29 Å². The zero-order valence-corrected chi connectivity index (χ0v) is 9.25. The molecule has 4 nitrogen and oxygen atoms in total. The van der Waals surface area contributed by atoms with Crippen LogP contribution in [0.5, 0.6) is 0 Å². The van der Waals surface area contributed by atoms with Crippen molar-refractivity contribution < 1.29 is 14.3 Å². The average Bonchev–Trinajstić information content (AvgIpc) is 2.28. The molecule has 0 N–H and O–H groups in total. The van der Waals surface area contributed by atoms with Gasteiger partial charge in [-0.15, -0.1) is 0 Å². The Kier molecular flexibility index (Phi) is 4.03. The van der Waals surface area contributed by atoms with Gasteiger partial charge in [0.05, 0.1) is 28.8 Å². The SMILES string of the molecule is CCOC(=O)c1cc(C#N)c(C=O)cc1Cl. The van der Waals surface area contributed by atoms with Crippen LogP contribution in [0.3, 0.4) is 0 Å². The van der Waals surface area contributed by atoms with E-state index in [0.29, 0.717) is 6.29 Å². The highest BCUT2D eigenvalue weighted by molar-refractivity contribution is 6.34. The van der Waals surface area contributed by atoms with Crippen molar-refractivity contribution in [3.05, 3.63) is 33.8 Å². The number of hydrogen-bond acceptors (Lipinski definition) is 4. The lowest BCUT2D eigenvalue weighted by Crippen LogP contribution is -2.06. The van der Waals surface area contributed by atoms with Gasteiger partial charge < -0.3 is 4.74 Å². The molecule has 1 rings (SSSR count). The van der Waals surface area contributed by atoms with Crippen LogP contribution in [-0.4, -0.2) is 18.9 Å². The van der Waals surface area contributed by atoms with Gasteiger partial charge in [0.2, 0.25) is 0 Å². The van der Waals surface area contributed by atoms with Crippen molar-refractivity contribution in [1.82, 2.24) is 0 Å². The zero-order valence-electron chi connectivity index (χ0n) is 8.49. The number of nitrogens with zero attached hydrogens (tertiary/aromatic N) is 1. The fourth-order valence-corrected chi connectivity index (χ4v) is 1.40. The third kappa shape index (κ3) is 2.38. The van der Waals surface area contributed by atoms with Gasteiger partial charge in [-0.2, -0.15) is 5.26 Å². The Morgan fingerprint density at radius 3 is 2.81 bits per heavy atom. The fraction of sp³-hybridized carbons (Fsp3) is 0.182. The number of esters is 1. The van der Waals surface area contributed by atoms with Gasteiger partial charge in [0, 0.05) is 5.56 Å². The van der Waals surface area contributed by atoms with Gasteiger partial charge in [-0.25, -0.2) is 4.79 Å². The molecule has 0 atom stereocenters. The largest absolute Gasteiger partial charge is 0.462 e. The summed E-state index contributed by atoms with van der Waals surface area (Å²) in [6.07, 6.45) is 0.513. The lowest BCUT2D eigenvalue weighted by atomic mass is 10.1. The summed E-state index contributed by atoms with van der Waals surface area (Å²) in [5, 5.41) is 8.87. The molecule has 0 radical (unpaired) electrons. The third-order valence-corrected chi connectivity index (χ3v) is 2.19. The summed E-state index contributed by atoms with van der Waals surface area (Å²) in [4.78, 5) is 22.0. The minimum Gasteiger partial charge on any atom is -0.462 e. The summed E-state index contributed by atoms with van der Waals surface area (Å²) < 4.78 is 4.76. The van der Waals surface area contributed by atoms with E-state index in [4.69, 9.17) is 21.6 Å². The zero-order chi connectivity index (χ0) is 12.1. The van der Waals surface area contributed by atoms with Gasteiger partial charge in [-0.3, -0.25) is 4.79 Å². The van der Waals surface area contributed by atoms with Gasteiger partial charge in [0.25, 0.3) is 0 Å². The number of nitriles is 1. The fourth-order valence-electron chi connectivity index (χ4n) is 1.15. The van der Waals surface area contributed by atoms with Crippen LogP contribution in [-0.2, 0) is 4.74 Å². The van der Waals surface area contributed by atoms with Gasteiger partial charge in [0.1, 0.15) is 0 Å². The van der Waals surface area contributed by atoms with E-state index in [9.17, 15) is 9.59 Å². The molecule has 0 heterocycles. The van der Waals surface area contributed by atoms with Gasteiger partial charge in [-0.05, 0) is 19.1 Å². The molecule has 0 aromatic heterocycles. The second-order valence-corrected chi connectivity index (χ2v) is 3.28. The number of carbonyl (C=O) groups is 2. The number of carbonyl (C=O) groups excluding carboxylic acids is 2. The van der Waals surface area contributed by atoms with Crippen molar-refractivity contribution >= 4 is 23.9 Å². The van der Waals surface area contributed by atoms with E-state index in [1.807, 2.05) is 6.07 Å². The van der Waals surface area contributed by atoms with Crippen LogP contribution in [0, 0.1) is 11.3 Å². The highest BCUT2D eigenvalue weighted by Gasteiger charge is 2.15. The topological polar surface area (TPSA) is 67.2 Å². The summed E-state index contributed by atoms with van der Waals surface area (Å²) in [7, 11) is 0. The van der Waals surface area contributed by atoms with Crippen LogP contribution in [0.1, 0.15) is 33.2 Å². The summed E-state index contributed by atoms with van der Waals surface area (Å²) in [6.45, 7) is 1.88. The van der Waals surface area contributed by atoms with Crippen molar-refractivity contribution in [3.63, 3.8) is 0 Å². The van der Waals surface area contributed by atoms with Crippen molar-refractivity contribution in [2.75, 3.05) is 6.61 Å². The molecule has 0 amide bonds. The predicted octanol–water partition coefficient (Wildman–Crippen LogP) is 2.20. The second kappa shape index (κ2) is 5.29. The molecule has 0 fully saturated rings. The Bertz CT molecular complexity index is 477. The average molecular weight is 238 g/mol. The maximum atomic E-state index is 11.4. The standard InChI is InChI=1S/C11H8ClNO3/c1-2-16-11(15)9-3-7(5-13)8(6-14)4-10(9)12/h3-4,6H,2H2,1H3. The lowest BCUT2D eigenvalue weighted by Gasteiger charge is -2.05. The van der Waals surface area contributed by atoms with Crippen molar-refractivity contribution in [3.8, 4) is 6.07 Å². The predicted molar refractivity (Wildman–Crippen MR) is 57.5 cm³/mol. The van der Waals surface area contributed by atoms with E-state index in [0.717, 1.165) is 0 Å². The van der Waals surface area contributed by atoms with Crippen LogP contribution in [0.25, 0.3) is 0 Å². The molecule has 1 aromatic rings. The Balaban J connectivity index is 3.27. The maximum Gasteiger partial charge on any atom is 0.339 e. The molecule has 1 aromatic carbocycles. The quantitative estimate of drug-likeness (QED) is 0.597. The molecule has 0 aliphatic carbocycles.